The molecule has 0 aliphatic heterocycles. The largest absolute Gasteiger partial charge is 0.393 e. The highest BCUT2D eigenvalue weighted by Gasteiger charge is 2.45. The van der Waals surface area contributed by atoms with E-state index in [0.717, 1.165) is 43.3 Å². The van der Waals surface area contributed by atoms with Crippen LogP contribution in [0.15, 0.2) is 59.3 Å². The third-order valence-corrected chi connectivity index (χ3v) is 8.62. The summed E-state index contributed by atoms with van der Waals surface area (Å²) in [5, 5.41) is 20.7. The molecule has 0 aromatic heterocycles. The van der Waals surface area contributed by atoms with Crippen molar-refractivity contribution in [2.24, 2.45) is 23.0 Å². The molecule has 0 saturated heterocycles. The number of hydrogen-bond acceptors (Lipinski definition) is 3. The minimum absolute atomic E-state index is 0.133. The molecule has 0 radical (unpaired) electrons. The van der Waals surface area contributed by atoms with E-state index in [2.05, 4.69) is 44.7 Å². The highest BCUT2D eigenvalue weighted by molar-refractivity contribution is 5.40. The van der Waals surface area contributed by atoms with E-state index in [9.17, 15) is 10.2 Å². The van der Waals surface area contributed by atoms with Gasteiger partial charge in [-0.2, -0.15) is 0 Å². The maximum atomic E-state index is 10.6. The molecule has 3 aliphatic carbocycles. The molecule has 0 bridgehead atoms. The van der Waals surface area contributed by atoms with Crippen LogP contribution in [0, 0.1) is 17.3 Å². The van der Waals surface area contributed by atoms with E-state index in [-0.39, 0.29) is 17.6 Å². The Morgan fingerprint density at radius 1 is 1.31 bits per heavy atom. The molecule has 2 saturated carbocycles. The number of rotatable bonds is 7. The first-order chi connectivity index (χ1) is 15.1. The highest BCUT2D eigenvalue weighted by Crippen LogP contribution is 2.57. The van der Waals surface area contributed by atoms with Crippen LogP contribution >= 0.6 is 0 Å². The van der Waals surface area contributed by atoms with Crippen molar-refractivity contribution in [1.29, 1.82) is 0 Å². The van der Waals surface area contributed by atoms with Crippen LogP contribution in [0.3, 0.4) is 0 Å². The SMILES string of the molecule is C=C1C(=CC=C2CCCC3(C)C(C(C)CC=CC(O)(CC)CC)=CCC23)CC(O)CC1N. The summed E-state index contributed by atoms with van der Waals surface area (Å²) in [6, 6.07) is -0.133. The Labute approximate surface area is 195 Å². The van der Waals surface area contributed by atoms with Crippen LogP contribution in [-0.2, 0) is 0 Å². The minimum Gasteiger partial charge on any atom is -0.393 e. The molecule has 0 amide bonds. The zero-order chi connectivity index (χ0) is 23.5. The van der Waals surface area contributed by atoms with Crippen molar-refractivity contribution in [3.05, 3.63) is 59.3 Å². The summed E-state index contributed by atoms with van der Waals surface area (Å²) in [4.78, 5) is 0. The minimum atomic E-state index is -0.663. The molecule has 3 aliphatic rings. The number of allylic oxidation sites excluding steroid dienone is 6. The average molecular weight is 440 g/mol. The highest BCUT2D eigenvalue weighted by atomic mass is 16.3. The molecule has 2 fully saturated rings. The fourth-order valence-corrected chi connectivity index (χ4v) is 6.24. The first-order valence-electron chi connectivity index (χ1n) is 12.8. The molecule has 5 unspecified atom stereocenters. The predicted molar refractivity (Wildman–Crippen MR) is 135 cm³/mol. The van der Waals surface area contributed by atoms with Crippen LogP contribution in [-0.4, -0.2) is 28.0 Å². The smallest absolute Gasteiger partial charge is 0.0822 e. The van der Waals surface area contributed by atoms with Crippen molar-refractivity contribution in [2.75, 3.05) is 0 Å². The van der Waals surface area contributed by atoms with E-state index in [1.807, 2.05) is 19.9 Å². The van der Waals surface area contributed by atoms with Gasteiger partial charge in [-0.3, -0.25) is 0 Å². The molecular weight excluding hydrogens is 394 g/mol. The van der Waals surface area contributed by atoms with E-state index in [1.54, 1.807) is 5.57 Å². The number of nitrogens with two attached hydrogens (primary N) is 1. The summed E-state index contributed by atoms with van der Waals surface area (Å²) < 4.78 is 0. The number of aliphatic hydroxyl groups is 2. The van der Waals surface area contributed by atoms with Crippen molar-refractivity contribution in [1.82, 2.24) is 0 Å². The van der Waals surface area contributed by atoms with Crippen LogP contribution < -0.4 is 5.73 Å². The van der Waals surface area contributed by atoms with E-state index in [1.165, 1.54) is 18.4 Å². The third kappa shape index (κ3) is 5.21. The van der Waals surface area contributed by atoms with Gasteiger partial charge in [-0.25, -0.2) is 0 Å². The number of fused-ring (bicyclic) bond motifs is 1. The predicted octanol–water partition coefficient (Wildman–Crippen LogP) is 6.15. The lowest BCUT2D eigenvalue weighted by molar-refractivity contribution is 0.0824. The summed E-state index contributed by atoms with van der Waals surface area (Å²) in [6.45, 7) is 13.1. The Morgan fingerprint density at radius 2 is 2.03 bits per heavy atom. The Balaban J connectivity index is 1.73. The molecular formula is C29H45NO2. The van der Waals surface area contributed by atoms with Crippen molar-refractivity contribution >= 4 is 0 Å². The molecule has 0 spiro atoms. The quantitative estimate of drug-likeness (QED) is 0.417. The summed E-state index contributed by atoms with van der Waals surface area (Å²) in [7, 11) is 0. The molecule has 0 aromatic rings. The third-order valence-electron chi connectivity index (χ3n) is 8.62. The zero-order valence-electron chi connectivity index (χ0n) is 20.7. The van der Waals surface area contributed by atoms with Gasteiger partial charge in [-0.1, -0.05) is 75.8 Å². The van der Waals surface area contributed by atoms with Gasteiger partial charge in [-0.15, -0.1) is 0 Å². The fraction of sp³-hybridized carbons (Fsp3) is 0.655. The van der Waals surface area contributed by atoms with Crippen LogP contribution in [0.1, 0.15) is 85.5 Å². The summed E-state index contributed by atoms with van der Waals surface area (Å²) in [6.07, 6.45) is 19.4. The molecule has 4 N–H and O–H groups in total. The van der Waals surface area contributed by atoms with Gasteiger partial charge in [0, 0.05) is 6.04 Å². The molecule has 3 heteroatoms. The van der Waals surface area contributed by atoms with Gasteiger partial charge in [0.1, 0.15) is 0 Å². The van der Waals surface area contributed by atoms with E-state index in [4.69, 9.17) is 5.73 Å². The second kappa shape index (κ2) is 10.2. The number of aliphatic hydroxyl groups excluding tert-OH is 1. The Morgan fingerprint density at radius 3 is 2.72 bits per heavy atom. The topological polar surface area (TPSA) is 66.5 Å². The van der Waals surface area contributed by atoms with Crippen LogP contribution in [0.25, 0.3) is 0 Å². The maximum Gasteiger partial charge on any atom is 0.0822 e. The Bertz CT molecular complexity index is 813. The lowest BCUT2D eigenvalue weighted by atomic mass is 9.62. The van der Waals surface area contributed by atoms with Gasteiger partial charge in [0.15, 0.2) is 0 Å². The summed E-state index contributed by atoms with van der Waals surface area (Å²) in [5.41, 5.74) is 10.9. The van der Waals surface area contributed by atoms with Crippen molar-refractivity contribution in [2.45, 2.75) is 103 Å². The molecule has 0 aromatic carbocycles. The van der Waals surface area contributed by atoms with E-state index in [0.29, 0.717) is 24.7 Å². The van der Waals surface area contributed by atoms with Gasteiger partial charge < -0.3 is 15.9 Å². The van der Waals surface area contributed by atoms with Gasteiger partial charge in [0.25, 0.3) is 0 Å². The maximum absolute atomic E-state index is 10.6. The van der Waals surface area contributed by atoms with Crippen molar-refractivity contribution < 1.29 is 10.2 Å². The summed E-state index contributed by atoms with van der Waals surface area (Å²) in [5.74, 6) is 1.05. The van der Waals surface area contributed by atoms with E-state index >= 15 is 0 Å². The van der Waals surface area contributed by atoms with Crippen LogP contribution in [0.2, 0.25) is 0 Å². The monoisotopic (exact) mass is 439 g/mol. The van der Waals surface area contributed by atoms with Gasteiger partial charge in [0.05, 0.1) is 11.7 Å². The number of hydrogen-bond donors (Lipinski definition) is 3. The average Bonchev–Trinajstić information content (AvgIpc) is 3.12. The fourth-order valence-electron chi connectivity index (χ4n) is 6.24. The first kappa shape index (κ1) is 25.2. The van der Waals surface area contributed by atoms with Gasteiger partial charge in [-0.05, 0) is 86.2 Å². The lowest BCUT2D eigenvalue weighted by Gasteiger charge is -2.42. The van der Waals surface area contributed by atoms with Gasteiger partial charge >= 0.3 is 0 Å². The molecule has 5 atom stereocenters. The van der Waals surface area contributed by atoms with Crippen LogP contribution in [0.5, 0.6) is 0 Å². The normalized spacial score (nSPS) is 34.9. The second-order valence-corrected chi connectivity index (χ2v) is 10.7. The van der Waals surface area contributed by atoms with E-state index < -0.39 is 5.60 Å². The molecule has 178 valence electrons. The molecule has 0 heterocycles. The molecule has 3 rings (SSSR count). The standard InChI is InChI=1S/C29H45NO2/c1-6-29(32,7-2)17-8-10-20(3)25-14-15-26-22(11-9-16-28(25,26)5)12-13-23-18-24(31)19-27(30)21(23)4/h8,12-14,17,20,24,26-27,31-32H,4,6-7,9-11,15-16,18-19,30H2,1-3,5H3. The molecule has 32 heavy (non-hydrogen) atoms. The van der Waals surface area contributed by atoms with Crippen molar-refractivity contribution in [3.8, 4) is 0 Å². The van der Waals surface area contributed by atoms with Crippen molar-refractivity contribution in [3.63, 3.8) is 0 Å². The lowest BCUT2D eigenvalue weighted by Crippen LogP contribution is -2.34. The Hall–Kier alpha value is -1.42. The second-order valence-electron chi connectivity index (χ2n) is 10.7. The summed E-state index contributed by atoms with van der Waals surface area (Å²) >= 11 is 0. The Kier molecular flexibility index (Phi) is 8.06. The van der Waals surface area contributed by atoms with Gasteiger partial charge in [0.2, 0.25) is 0 Å². The molecule has 3 nitrogen and oxygen atoms in total. The van der Waals surface area contributed by atoms with Crippen LogP contribution in [0.4, 0.5) is 0 Å². The zero-order valence-corrected chi connectivity index (χ0v) is 20.7. The first-order valence-corrected chi connectivity index (χ1v) is 12.8.